The van der Waals surface area contributed by atoms with Crippen LogP contribution in [0.3, 0.4) is 0 Å². The van der Waals surface area contributed by atoms with Crippen LogP contribution in [-0.2, 0) is 16.0 Å². The minimum atomic E-state index is -0.0624. The predicted molar refractivity (Wildman–Crippen MR) is 69.2 cm³/mol. The summed E-state index contributed by atoms with van der Waals surface area (Å²) in [6.07, 6.45) is 2.40. The third kappa shape index (κ3) is 2.44. The van der Waals surface area contributed by atoms with Crippen LogP contribution in [0.15, 0.2) is 0 Å². The van der Waals surface area contributed by atoms with Gasteiger partial charge in [-0.25, -0.2) is 9.38 Å². The molecule has 0 aliphatic rings. The Balaban J connectivity index is 2.63. The molecule has 2 N–H and O–H groups in total. The largest absolute Gasteiger partial charge is 0.368 e. The number of aromatic nitrogens is 4. The van der Waals surface area contributed by atoms with Crippen LogP contribution in [0.2, 0.25) is 0 Å². The van der Waals surface area contributed by atoms with E-state index < -0.39 is 0 Å². The molecule has 0 unspecified atom stereocenters. The van der Waals surface area contributed by atoms with E-state index in [4.69, 9.17) is 5.73 Å². The average molecular weight is 261 g/mol. The molecular formula is C12H15N5O2. The standard InChI is InChI=1S/C12H15N5O2/c1-3-7(18)5-9-10(6-8(19)4-2)17-11(13)15-16-12(17)14-9/h6H,3-5H2,1-2H3,(H2,13,15)/b10-6+. The van der Waals surface area contributed by atoms with Crippen molar-refractivity contribution in [2.45, 2.75) is 33.1 Å². The fourth-order valence-electron chi connectivity index (χ4n) is 1.74. The number of hydrogen-bond acceptors (Lipinski definition) is 6. The van der Waals surface area contributed by atoms with E-state index in [1.54, 1.807) is 13.8 Å². The number of nitrogen functional groups attached to an aromatic ring is 1. The van der Waals surface area contributed by atoms with Crippen LogP contribution in [0.25, 0.3) is 11.9 Å². The molecule has 0 fully saturated rings. The van der Waals surface area contributed by atoms with Gasteiger partial charge in [-0.2, -0.15) is 0 Å². The Labute approximate surface area is 109 Å². The Kier molecular flexibility index (Phi) is 3.55. The SMILES string of the molecule is CCC(=O)/C=c1\c(CC(=O)CC)nc2nnc(N)n12. The molecule has 2 rings (SSSR count). The Bertz CT molecular complexity index is 689. The normalized spacial score (nSPS) is 12.2. The van der Waals surface area contributed by atoms with E-state index in [-0.39, 0.29) is 23.9 Å². The predicted octanol–water partition coefficient (Wildman–Crippen LogP) is -0.293. The number of hydrogen-bond donors (Lipinski definition) is 1. The molecule has 2 aromatic heterocycles. The van der Waals surface area contributed by atoms with Crippen LogP contribution in [-0.4, -0.2) is 31.1 Å². The van der Waals surface area contributed by atoms with Crippen molar-refractivity contribution in [1.82, 2.24) is 19.6 Å². The summed E-state index contributed by atoms with van der Waals surface area (Å²) in [4.78, 5) is 27.4. The molecule has 0 amide bonds. The van der Waals surface area contributed by atoms with Gasteiger partial charge in [-0.05, 0) is 0 Å². The van der Waals surface area contributed by atoms with Crippen LogP contribution in [0, 0.1) is 0 Å². The van der Waals surface area contributed by atoms with Crippen molar-refractivity contribution in [3.63, 3.8) is 0 Å². The summed E-state index contributed by atoms with van der Waals surface area (Å²) in [6, 6.07) is 0. The van der Waals surface area contributed by atoms with Gasteiger partial charge in [0.25, 0.3) is 5.78 Å². The number of nitrogens with zero attached hydrogens (tertiary/aromatic N) is 4. The van der Waals surface area contributed by atoms with Crippen molar-refractivity contribution in [3.8, 4) is 0 Å². The number of nitrogens with two attached hydrogens (primary N) is 1. The van der Waals surface area contributed by atoms with Crippen LogP contribution >= 0.6 is 0 Å². The quantitative estimate of drug-likeness (QED) is 0.793. The summed E-state index contributed by atoms with van der Waals surface area (Å²) in [6.45, 7) is 3.55. The molecule has 100 valence electrons. The van der Waals surface area contributed by atoms with Crippen molar-refractivity contribution < 1.29 is 9.59 Å². The number of carbonyl (C=O) groups excluding carboxylic acids is 2. The lowest BCUT2D eigenvalue weighted by atomic mass is 10.1. The first-order valence-corrected chi connectivity index (χ1v) is 6.12. The van der Waals surface area contributed by atoms with Gasteiger partial charge in [-0.15, -0.1) is 10.2 Å². The molecule has 2 aromatic rings. The van der Waals surface area contributed by atoms with Crippen molar-refractivity contribution in [1.29, 1.82) is 0 Å². The summed E-state index contributed by atoms with van der Waals surface area (Å²) in [5.41, 5.74) is 6.22. The van der Waals surface area contributed by atoms with Crippen molar-refractivity contribution in [2.24, 2.45) is 0 Å². The number of Topliss-reactive ketones (excluding diaryl/α,β-unsaturated/α-hetero) is 2. The average Bonchev–Trinajstić information content (AvgIpc) is 2.91. The third-order valence-electron chi connectivity index (χ3n) is 2.85. The second kappa shape index (κ2) is 5.13. The molecule has 2 heterocycles. The van der Waals surface area contributed by atoms with Crippen molar-refractivity contribution >= 4 is 29.4 Å². The maximum absolute atomic E-state index is 11.6. The molecule has 0 bridgehead atoms. The van der Waals surface area contributed by atoms with Gasteiger partial charge < -0.3 is 5.73 Å². The number of ketones is 2. The molecule has 7 heteroatoms. The fraction of sp³-hybridized carbons (Fsp3) is 0.417. The van der Waals surface area contributed by atoms with Crippen LogP contribution in [0.5, 0.6) is 0 Å². The first kappa shape index (κ1) is 13.1. The van der Waals surface area contributed by atoms with E-state index in [0.29, 0.717) is 29.7 Å². The summed E-state index contributed by atoms with van der Waals surface area (Å²) < 4.78 is 1.49. The highest BCUT2D eigenvalue weighted by atomic mass is 16.1. The van der Waals surface area contributed by atoms with Gasteiger partial charge in [-0.1, -0.05) is 13.8 Å². The smallest absolute Gasteiger partial charge is 0.257 e. The molecule has 0 saturated heterocycles. The molecule has 0 aliphatic heterocycles. The minimum Gasteiger partial charge on any atom is -0.368 e. The van der Waals surface area contributed by atoms with Gasteiger partial charge >= 0.3 is 0 Å². The first-order valence-electron chi connectivity index (χ1n) is 6.12. The van der Waals surface area contributed by atoms with E-state index in [1.807, 2.05) is 0 Å². The molecule has 0 aliphatic carbocycles. The molecule has 0 spiro atoms. The highest BCUT2D eigenvalue weighted by Gasteiger charge is 2.14. The first-order chi connectivity index (χ1) is 9.06. The summed E-state index contributed by atoms with van der Waals surface area (Å²) in [5.74, 6) is 0.456. The van der Waals surface area contributed by atoms with E-state index >= 15 is 0 Å². The third-order valence-corrected chi connectivity index (χ3v) is 2.85. The van der Waals surface area contributed by atoms with Gasteiger partial charge in [0.05, 0.1) is 17.5 Å². The van der Waals surface area contributed by atoms with Gasteiger partial charge in [-0.3, -0.25) is 9.59 Å². The molecule has 0 aromatic carbocycles. The van der Waals surface area contributed by atoms with Gasteiger partial charge in [0.2, 0.25) is 5.95 Å². The fourth-order valence-corrected chi connectivity index (χ4v) is 1.74. The van der Waals surface area contributed by atoms with Crippen LogP contribution in [0.4, 0.5) is 5.95 Å². The molecule has 0 saturated carbocycles. The molecule has 7 nitrogen and oxygen atoms in total. The molecular weight excluding hydrogens is 246 g/mol. The molecule has 0 atom stereocenters. The van der Waals surface area contributed by atoms with E-state index in [2.05, 4.69) is 15.2 Å². The number of rotatable bonds is 5. The lowest BCUT2D eigenvalue weighted by Gasteiger charge is -1.95. The zero-order valence-electron chi connectivity index (χ0n) is 10.9. The lowest BCUT2D eigenvalue weighted by molar-refractivity contribution is -0.118. The summed E-state index contributed by atoms with van der Waals surface area (Å²) >= 11 is 0. The summed E-state index contributed by atoms with van der Waals surface area (Å²) in [5, 5.41) is 8.01. The number of imidazole rings is 1. The van der Waals surface area contributed by atoms with E-state index in [9.17, 15) is 9.59 Å². The van der Waals surface area contributed by atoms with E-state index in [1.165, 1.54) is 10.5 Å². The van der Waals surface area contributed by atoms with Crippen molar-refractivity contribution in [3.05, 3.63) is 11.0 Å². The zero-order chi connectivity index (χ0) is 14.0. The lowest BCUT2D eigenvalue weighted by Crippen LogP contribution is -2.20. The van der Waals surface area contributed by atoms with Crippen LogP contribution < -0.4 is 11.1 Å². The number of fused-ring (bicyclic) bond motifs is 1. The Hall–Kier alpha value is -2.31. The van der Waals surface area contributed by atoms with E-state index in [0.717, 1.165) is 0 Å². The van der Waals surface area contributed by atoms with Crippen LogP contribution in [0.1, 0.15) is 32.4 Å². The zero-order valence-corrected chi connectivity index (χ0v) is 10.9. The van der Waals surface area contributed by atoms with Gasteiger partial charge in [0.15, 0.2) is 5.78 Å². The monoisotopic (exact) mass is 261 g/mol. The molecule has 0 radical (unpaired) electrons. The topological polar surface area (TPSA) is 103 Å². The maximum atomic E-state index is 11.6. The number of anilines is 1. The highest BCUT2D eigenvalue weighted by Crippen LogP contribution is 2.03. The Morgan fingerprint density at radius 2 is 2.00 bits per heavy atom. The highest BCUT2D eigenvalue weighted by molar-refractivity contribution is 6.05. The summed E-state index contributed by atoms with van der Waals surface area (Å²) in [7, 11) is 0. The molecule has 19 heavy (non-hydrogen) atoms. The second-order valence-electron chi connectivity index (χ2n) is 4.17. The Morgan fingerprint density at radius 3 is 2.63 bits per heavy atom. The van der Waals surface area contributed by atoms with Gasteiger partial charge in [0, 0.05) is 18.9 Å². The minimum absolute atomic E-state index is 0.0471. The van der Waals surface area contributed by atoms with Gasteiger partial charge in [0.1, 0.15) is 5.78 Å². The second-order valence-corrected chi connectivity index (χ2v) is 4.17. The van der Waals surface area contributed by atoms with Crippen molar-refractivity contribution in [2.75, 3.05) is 5.73 Å². The maximum Gasteiger partial charge on any atom is 0.257 e. The number of carbonyl (C=O) groups is 2. The Morgan fingerprint density at radius 1 is 1.26 bits per heavy atom.